The van der Waals surface area contributed by atoms with E-state index in [1.165, 1.54) is 6.20 Å². The lowest BCUT2D eigenvalue weighted by atomic mass is 10.2. The van der Waals surface area contributed by atoms with Gasteiger partial charge in [0.05, 0.1) is 11.6 Å². The van der Waals surface area contributed by atoms with Gasteiger partial charge in [-0.2, -0.15) is 0 Å². The van der Waals surface area contributed by atoms with Gasteiger partial charge in [-0.05, 0) is 17.5 Å². The van der Waals surface area contributed by atoms with Gasteiger partial charge >= 0.3 is 0 Å². The van der Waals surface area contributed by atoms with Crippen LogP contribution in [0.1, 0.15) is 16.6 Å². The summed E-state index contributed by atoms with van der Waals surface area (Å²) in [6.45, 7) is 3.40. The molecule has 0 saturated carbocycles. The van der Waals surface area contributed by atoms with Gasteiger partial charge < -0.3 is 4.90 Å². The number of halogens is 1. The molecule has 2 rings (SSSR count). The number of alkyl halides is 1. The normalized spacial score (nSPS) is 26.9. The van der Waals surface area contributed by atoms with E-state index >= 15 is 0 Å². The van der Waals surface area contributed by atoms with Crippen molar-refractivity contribution < 1.29 is 4.79 Å². The van der Waals surface area contributed by atoms with Crippen LogP contribution < -0.4 is 0 Å². The maximum absolute atomic E-state index is 11.8. The smallest absolute Gasteiger partial charge is 0.267 e. The minimum absolute atomic E-state index is 0.00463. The average molecular weight is 232 g/mol. The molecule has 1 aliphatic heterocycles. The molecule has 2 unspecified atom stereocenters. The number of likely N-dealkylation sites (tertiary alicyclic amines) is 1. The lowest BCUT2D eigenvalue weighted by molar-refractivity contribution is 0.0793. The number of aromatic nitrogens is 2. The van der Waals surface area contributed by atoms with Crippen LogP contribution in [-0.2, 0) is 0 Å². The van der Waals surface area contributed by atoms with Gasteiger partial charge in [0.1, 0.15) is 4.88 Å². The highest BCUT2D eigenvalue weighted by Gasteiger charge is 2.31. The first kappa shape index (κ1) is 9.86. The number of amides is 1. The summed E-state index contributed by atoms with van der Waals surface area (Å²) in [7, 11) is 0. The van der Waals surface area contributed by atoms with Crippen molar-refractivity contribution in [3.63, 3.8) is 0 Å². The van der Waals surface area contributed by atoms with Crippen molar-refractivity contribution in [1.82, 2.24) is 14.5 Å². The molecule has 1 aromatic heterocycles. The zero-order chi connectivity index (χ0) is 10.1. The van der Waals surface area contributed by atoms with Crippen molar-refractivity contribution in [2.45, 2.75) is 12.3 Å². The zero-order valence-corrected chi connectivity index (χ0v) is 9.25. The molecule has 1 aromatic rings. The Morgan fingerprint density at radius 1 is 1.71 bits per heavy atom. The molecule has 1 amide bonds. The van der Waals surface area contributed by atoms with Crippen molar-refractivity contribution in [3.8, 4) is 0 Å². The standard InChI is InChI=1S/C8H10ClN3OS/c1-5-3-12(4-6(5)9)8(13)7-2-10-11-14-7/h2,5-6H,3-4H2,1H3. The van der Waals surface area contributed by atoms with E-state index in [4.69, 9.17) is 11.6 Å². The van der Waals surface area contributed by atoms with Gasteiger partial charge in [-0.25, -0.2) is 0 Å². The predicted molar refractivity (Wildman–Crippen MR) is 54.6 cm³/mol. The summed E-state index contributed by atoms with van der Waals surface area (Å²) < 4.78 is 3.66. The second kappa shape index (κ2) is 3.82. The summed E-state index contributed by atoms with van der Waals surface area (Å²) in [6.07, 6.45) is 1.50. The third-order valence-corrected chi connectivity index (χ3v) is 3.60. The summed E-state index contributed by atoms with van der Waals surface area (Å²) in [5, 5.41) is 3.71. The largest absolute Gasteiger partial charge is 0.336 e. The van der Waals surface area contributed by atoms with E-state index in [1.807, 2.05) is 0 Å². The highest BCUT2D eigenvalue weighted by Crippen LogP contribution is 2.23. The summed E-state index contributed by atoms with van der Waals surface area (Å²) in [4.78, 5) is 14.1. The van der Waals surface area contributed by atoms with Gasteiger partial charge in [0, 0.05) is 13.1 Å². The van der Waals surface area contributed by atoms with Gasteiger partial charge in [0.2, 0.25) is 0 Å². The molecule has 0 bridgehead atoms. The van der Waals surface area contributed by atoms with Crippen molar-refractivity contribution >= 4 is 29.0 Å². The van der Waals surface area contributed by atoms with E-state index in [1.54, 1.807) is 4.90 Å². The number of hydrogen-bond donors (Lipinski definition) is 0. The second-order valence-electron chi connectivity index (χ2n) is 3.49. The van der Waals surface area contributed by atoms with E-state index in [-0.39, 0.29) is 11.3 Å². The Hall–Kier alpha value is -0.680. The van der Waals surface area contributed by atoms with Crippen molar-refractivity contribution in [3.05, 3.63) is 11.1 Å². The van der Waals surface area contributed by atoms with E-state index < -0.39 is 0 Å². The Morgan fingerprint density at radius 2 is 2.50 bits per heavy atom. The topological polar surface area (TPSA) is 46.1 Å². The van der Waals surface area contributed by atoms with Gasteiger partial charge in [-0.3, -0.25) is 4.79 Å². The average Bonchev–Trinajstić information content (AvgIpc) is 2.76. The van der Waals surface area contributed by atoms with Crippen molar-refractivity contribution in [1.29, 1.82) is 0 Å². The molecule has 14 heavy (non-hydrogen) atoms. The third-order valence-electron chi connectivity index (χ3n) is 2.38. The van der Waals surface area contributed by atoms with Crippen molar-refractivity contribution in [2.75, 3.05) is 13.1 Å². The fourth-order valence-corrected chi connectivity index (χ4v) is 2.24. The van der Waals surface area contributed by atoms with Crippen LogP contribution in [0, 0.1) is 5.92 Å². The molecule has 0 spiro atoms. The van der Waals surface area contributed by atoms with Crippen LogP contribution in [0.4, 0.5) is 0 Å². The molecule has 0 aromatic carbocycles. The van der Waals surface area contributed by atoms with Crippen LogP contribution in [0.5, 0.6) is 0 Å². The highest BCUT2D eigenvalue weighted by atomic mass is 35.5. The van der Waals surface area contributed by atoms with Crippen molar-refractivity contribution in [2.24, 2.45) is 5.92 Å². The Balaban J connectivity index is 2.07. The molecule has 1 aliphatic rings. The fourth-order valence-electron chi connectivity index (χ4n) is 1.51. The van der Waals surface area contributed by atoms with Crippen LogP contribution in [0.2, 0.25) is 0 Å². The number of nitrogens with zero attached hydrogens (tertiary/aromatic N) is 3. The maximum atomic E-state index is 11.8. The van der Waals surface area contributed by atoms with Crippen LogP contribution >= 0.6 is 23.1 Å². The van der Waals surface area contributed by atoms with Gasteiger partial charge in [-0.15, -0.1) is 16.7 Å². The molecule has 0 radical (unpaired) electrons. The first-order valence-corrected chi connectivity index (χ1v) is 5.60. The first-order chi connectivity index (χ1) is 6.68. The highest BCUT2D eigenvalue weighted by molar-refractivity contribution is 7.07. The Kier molecular flexibility index (Phi) is 2.69. The number of carbonyl (C=O) groups is 1. The van der Waals surface area contributed by atoms with Crippen LogP contribution in [0.3, 0.4) is 0 Å². The minimum Gasteiger partial charge on any atom is -0.336 e. The molecular weight excluding hydrogens is 222 g/mol. The third kappa shape index (κ3) is 1.74. The van der Waals surface area contributed by atoms with Crippen LogP contribution in [-0.4, -0.2) is 38.9 Å². The van der Waals surface area contributed by atoms with E-state index in [0.717, 1.165) is 18.1 Å². The van der Waals surface area contributed by atoms with Gasteiger partial charge in [0.25, 0.3) is 5.91 Å². The second-order valence-corrected chi connectivity index (χ2v) is 4.83. The summed E-state index contributed by atoms with van der Waals surface area (Å²) in [6, 6.07) is 0. The molecule has 2 heterocycles. The number of rotatable bonds is 1. The minimum atomic E-state index is -0.00463. The van der Waals surface area contributed by atoms with Gasteiger partial charge in [0.15, 0.2) is 0 Å². The summed E-state index contributed by atoms with van der Waals surface area (Å²) in [5.74, 6) is 0.358. The molecule has 2 atom stereocenters. The zero-order valence-electron chi connectivity index (χ0n) is 7.68. The molecule has 1 saturated heterocycles. The maximum Gasteiger partial charge on any atom is 0.267 e. The molecule has 4 nitrogen and oxygen atoms in total. The monoisotopic (exact) mass is 231 g/mol. The molecule has 76 valence electrons. The number of carbonyl (C=O) groups excluding carboxylic acids is 1. The molecule has 1 fully saturated rings. The van der Waals surface area contributed by atoms with E-state index in [0.29, 0.717) is 17.3 Å². The summed E-state index contributed by atoms with van der Waals surface area (Å²) >= 11 is 7.17. The van der Waals surface area contributed by atoms with Gasteiger partial charge in [-0.1, -0.05) is 11.4 Å². The predicted octanol–water partition coefficient (Wildman–Crippen LogP) is 1.24. The Bertz CT molecular complexity index is 319. The molecule has 0 aliphatic carbocycles. The molecular formula is C8H10ClN3OS. The van der Waals surface area contributed by atoms with Crippen LogP contribution in [0.15, 0.2) is 6.20 Å². The Morgan fingerprint density at radius 3 is 3.00 bits per heavy atom. The lowest BCUT2D eigenvalue weighted by Gasteiger charge is -2.13. The SMILES string of the molecule is CC1CN(C(=O)c2cnns2)CC1Cl. The van der Waals surface area contributed by atoms with E-state index in [9.17, 15) is 4.79 Å². The lowest BCUT2D eigenvalue weighted by Crippen LogP contribution is -2.28. The first-order valence-electron chi connectivity index (χ1n) is 4.39. The quantitative estimate of drug-likeness (QED) is 0.684. The molecule has 0 N–H and O–H groups in total. The fraction of sp³-hybridized carbons (Fsp3) is 0.625. The summed E-state index contributed by atoms with van der Waals surface area (Å²) in [5.41, 5.74) is 0. The van der Waals surface area contributed by atoms with E-state index in [2.05, 4.69) is 16.5 Å². The van der Waals surface area contributed by atoms with Crippen LogP contribution in [0.25, 0.3) is 0 Å². The Labute approximate surface area is 91.0 Å². The molecule has 6 heteroatoms. The number of hydrogen-bond acceptors (Lipinski definition) is 4.